The summed E-state index contributed by atoms with van der Waals surface area (Å²) in [5.41, 5.74) is 0.133. The molecule has 2 aromatic rings. The molecule has 1 amide bonds. The second kappa shape index (κ2) is 5.02. The van der Waals surface area contributed by atoms with Crippen molar-refractivity contribution in [3.05, 3.63) is 45.5 Å². The number of hydrogen-bond donors (Lipinski definition) is 1. The van der Waals surface area contributed by atoms with Gasteiger partial charge in [0.2, 0.25) is 0 Å². The minimum Gasteiger partial charge on any atom is -0.358 e. The van der Waals surface area contributed by atoms with Gasteiger partial charge >= 0.3 is 5.82 Å². The lowest BCUT2D eigenvalue weighted by Crippen LogP contribution is -2.17. The third kappa shape index (κ3) is 2.68. The number of anilines is 1. The summed E-state index contributed by atoms with van der Waals surface area (Å²) in [5.74, 6) is -0.546. The lowest BCUT2D eigenvalue weighted by Gasteiger charge is -2.03. The second-order valence-corrected chi connectivity index (χ2v) is 3.96. The molecule has 0 fully saturated rings. The Morgan fingerprint density at radius 1 is 1.47 bits per heavy atom. The highest BCUT2D eigenvalue weighted by molar-refractivity contribution is 6.29. The number of nitro groups is 1. The minimum atomic E-state index is -0.573. The third-order valence-corrected chi connectivity index (χ3v) is 2.54. The molecule has 0 unspecified atom stereocenters. The number of halogens is 1. The van der Waals surface area contributed by atoms with Gasteiger partial charge < -0.3 is 15.4 Å². The molecule has 1 N–H and O–H groups in total. The zero-order valence-electron chi connectivity index (χ0n) is 9.70. The van der Waals surface area contributed by atoms with Gasteiger partial charge in [0.25, 0.3) is 5.91 Å². The number of rotatable bonds is 3. The lowest BCUT2D eigenvalue weighted by molar-refractivity contribution is -0.391. The molecule has 2 heterocycles. The Balaban J connectivity index is 2.23. The SMILES string of the molecule is Cn1c(C(=O)Nc2cncc(Cl)n2)ccc1[N+](=O)[O-]. The zero-order chi connectivity index (χ0) is 14.0. The van der Waals surface area contributed by atoms with E-state index in [1.165, 1.54) is 36.1 Å². The molecule has 0 aliphatic carbocycles. The number of amides is 1. The van der Waals surface area contributed by atoms with Gasteiger partial charge in [0.15, 0.2) is 11.5 Å². The molecular formula is C10H8ClN5O3. The topological polar surface area (TPSA) is 103 Å². The molecule has 8 nitrogen and oxygen atoms in total. The highest BCUT2D eigenvalue weighted by atomic mass is 35.5. The van der Waals surface area contributed by atoms with Crippen LogP contribution in [0.25, 0.3) is 0 Å². The van der Waals surface area contributed by atoms with E-state index in [1.807, 2.05) is 0 Å². The molecule has 0 aromatic carbocycles. The average Bonchev–Trinajstić information content (AvgIpc) is 2.71. The number of hydrogen-bond acceptors (Lipinski definition) is 5. The van der Waals surface area contributed by atoms with Crippen molar-refractivity contribution in [2.24, 2.45) is 7.05 Å². The van der Waals surface area contributed by atoms with Crippen molar-refractivity contribution in [1.82, 2.24) is 14.5 Å². The monoisotopic (exact) mass is 281 g/mol. The van der Waals surface area contributed by atoms with E-state index in [1.54, 1.807) is 0 Å². The molecular weight excluding hydrogens is 274 g/mol. The molecule has 19 heavy (non-hydrogen) atoms. The van der Waals surface area contributed by atoms with Crippen molar-refractivity contribution >= 4 is 29.1 Å². The van der Waals surface area contributed by atoms with Crippen LogP contribution in [0.1, 0.15) is 10.5 Å². The average molecular weight is 282 g/mol. The molecule has 0 radical (unpaired) electrons. The summed E-state index contributed by atoms with van der Waals surface area (Å²) >= 11 is 5.63. The van der Waals surface area contributed by atoms with Crippen LogP contribution in [0.3, 0.4) is 0 Å². The van der Waals surface area contributed by atoms with E-state index in [-0.39, 0.29) is 22.5 Å². The largest absolute Gasteiger partial charge is 0.358 e. The van der Waals surface area contributed by atoms with Crippen LogP contribution in [0.4, 0.5) is 11.6 Å². The Morgan fingerprint density at radius 3 is 2.79 bits per heavy atom. The molecule has 2 aromatic heterocycles. The fraction of sp³-hybridized carbons (Fsp3) is 0.100. The molecule has 0 atom stereocenters. The van der Waals surface area contributed by atoms with Crippen molar-refractivity contribution in [2.75, 3.05) is 5.32 Å². The van der Waals surface area contributed by atoms with E-state index in [4.69, 9.17) is 11.6 Å². The van der Waals surface area contributed by atoms with Gasteiger partial charge in [0, 0.05) is 6.07 Å². The standard InChI is InChI=1S/C10H8ClN5O3/c1-15-6(2-3-9(15)16(18)19)10(17)14-8-5-12-4-7(11)13-8/h2-5H,1H3,(H,13,14,17). The van der Waals surface area contributed by atoms with Crippen LogP contribution in [0.15, 0.2) is 24.5 Å². The molecule has 0 saturated carbocycles. The first kappa shape index (κ1) is 13.0. The fourth-order valence-electron chi connectivity index (χ4n) is 1.49. The highest BCUT2D eigenvalue weighted by Gasteiger charge is 2.20. The molecule has 0 spiro atoms. The van der Waals surface area contributed by atoms with Crippen molar-refractivity contribution < 1.29 is 9.72 Å². The molecule has 2 rings (SSSR count). The smallest absolute Gasteiger partial charge is 0.323 e. The molecule has 0 bridgehead atoms. The summed E-state index contributed by atoms with van der Waals surface area (Å²) in [5, 5.41) is 13.3. The van der Waals surface area contributed by atoms with Crippen molar-refractivity contribution in [2.45, 2.75) is 0 Å². The van der Waals surface area contributed by atoms with E-state index in [2.05, 4.69) is 15.3 Å². The van der Waals surface area contributed by atoms with Gasteiger partial charge in [-0.3, -0.25) is 9.78 Å². The van der Waals surface area contributed by atoms with E-state index in [9.17, 15) is 14.9 Å². The molecule has 0 aliphatic rings. The third-order valence-electron chi connectivity index (χ3n) is 2.36. The summed E-state index contributed by atoms with van der Waals surface area (Å²) in [7, 11) is 1.43. The predicted octanol–water partition coefficient (Wildman–Crippen LogP) is 1.63. The first-order valence-corrected chi connectivity index (χ1v) is 5.46. The number of aromatic nitrogens is 3. The Kier molecular flexibility index (Phi) is 3.43. The van der Waals surface area contributed by atoms with E-state index in [0.717, 1.165) is 0 Å². The van der Waals surface area contributed by atoms with Crippen LogP contribution in [-0.2, 0) is 7.05 Å². The predicted molar refractivity (Wildman–Crippen MR) is 67.1 cm³/mol. The number of carbonyl (C=O) groups is 1. The Hall–Kier alpha value is -2.48. The Labute approximate surface area is 112 Å². The maximum absolute atomic E-state index is 11.9. The molecule has 0 aliphatic heterocycles. The van der Waals surface area contributed by atoms with Crippen LogP contribution in [0, 0.1) is 10.1 Å². The number of nitrogens with zero attached hydrogens (tertiary/aromatic N) is 4. The van der Waals surface area contributed by atoms with Gasteiger partial charge in [-0.15, -0.1) is 0 Å². The fourth-order valence-corrected chi connectivity index (χ4v) is 1.64. The minimum absolute atomic E-state index is 0.133. The maximum atomic E-state index is 11.9. The summed E-state index contributed by atoms with van der Waals surface area (Å²) in [6.07, 6.45) is 2.64. The maximum Gasteiger partial charge on any atom is 0.323 e. The van der Waals surface area contributed by atoms with Gasteiger partial charge in [-0.25, -0.2) is 9.55 Å². The van der Waals surface area contributed by atoms with Crippen molar-refractivity contribution in [3.8, 4) is 0 Å². The van der Waals surface area contributed by atoms with Crippen LogP contribution in [-0.4, -0.2) is 25.4 Å². The Morgan fingerprint density at radius 2 is 2.21 bits per heavy atom. The summed E-state index contributed by atoms with van der Waals surface area (Å²) in [6, 6.07) is 2.60. The van der Waals surface area contributed by atoms with Gasteiger partial charge in [0.05, 0.1) is 19.4 Å². The number of nitrogens with one attached hydrogen (secondary N) is 1. The van der Waals surface area contributed by atoms with E-state index < -0.39 is 10.8 Å². The Bertz CT molecular complexity index is 654. The van der Waals surface area contributed by atoms with Crippen LogP contribution in [0.2, 0.25) is 5.15 Å². The summed E-state index contributed by atoms with van der Waals surface area (Å²) in [4.78, 5) is 29.6. The van der Waals surface area contributed by atoms with Crippen LogP contribution in [0.5, 0.6) is 0 Å². The molecule has 0 saturated heterocycles. The highest BCUT2D eigenvalue weighted by Crippen LogP contribution is 2.16. The zero-order valence-corrected chi connectivity index (χ0v) is 10.5. The normalized spacial score (nSPS) is 10.2. The van der Waals surface area contributed by atoms with Gasteiger partial charge in [-0.2, -0.15) is 0 Å². The van der Waals surface area contributed by atoms with Gasteiger partial charge in [-0.1, -0.05) is 11.6 Å². The number of carbonyl (C=O) groups excluding carboxylic acids is 1. The lowest BCUT2D eigenvalue weighted by atomic mass is 10.4. The molecule has 98 valence electrons. The van der Waals surface area contributed by atoms with Crippen molar-refractivity contribution in [3.63, 3.8) is 0 Å². The van der Waals surface area contributed by atoms with Gasteiger partial charge in [-0.05, 0) is 11.0 Å². The van der Waals surface area contributed by atoms with E-state index >= 15 is 0 Å². The second-order valence-electron chi connectivity index (χ2n) is 3.57. The summed E-state index contributed by atoms with van der Waals surface area (Å²) in [6.45, 7) is 0. The first-order valence-electron chi connectivity index (χ1n) is 5.08. The van der Waals surface area contributed by atoms with Crippen molar-refractivity contribution in [1.29, 1.82) is 0 Å². The quantitative estimate of drug-likeness (QED) is 0.680. The molecule has 9 heteroatoms. The van der Waals surface area contributed by atoms with Gasteiger partial charge in [0.1, 0.15) is 5.15 Å². The van der Waals surface area contributed by atoms with Crippen LogP contribution < -0.4 is 5.32 Å². The van der Waals surface area contributed by atoms with E-state index in [0.29, 0.717) is 0 Å². The summed E-state index contributed by atoms with van der Waals surface area (Å²) < 4.78 is 1.17. The van der Waals surface area contributed by atoms with Crippen LogP contribution >= 0.6 is 11.6 Å². The first-order chi connectivity index (χ1) is 8.99.